The minimum atomic E-state index is 0.245. The molecule has 0 aromatic carbocycles. The van der Waals surface area contributed by atoms with Gasteiger partial charge in [0.25, 0.3) is 0 Å². The molecule has 1 unspecified atom stereocenters. The van der Waals surface area contributed by atoms with Gasteiger partial charge < -0.3 is 10.5 Å². The van der Waals surface area contributed by atoms with Crippen molar-refractivity contribution in [1.82, 2.24) is 0 Å². The summed E-state index contributed by atoms with van der Waals surface area (Å²) in [5.41, 5.74) is 5.68. The second-order valence-electron chi connectivity index (χ2n) is 3.48. The molecule has 0 spiro atoms. The van der Waals surface area contributed by atoms with Crippen molar-refractivity contribution in [1.29, 1.82) is 0 Å². The third-order valence-corrected chi connectivity index (χ3v) is 2.22. The molecule has 1 fully saturated rings. The maximum absolute atomic E-state index is 5.68. The van der Waals surface area contributed by atoms with Crippen molar-refractivity contribution in [3.63, 3.8) is 0 Å². The summed E-state index contributed by atoms with van der Waals surface area (Å²) in [4.78, 5) is 0. The minimum absolute atomic E-state index is 0.245. The lowest BCUT2D eigenvalue weighted by Gasteiger charge is -2.08. The second-order valence-corrected chi connectivity index (χ2v) is 3.48. The van der Waals surface area contributed by atoms with Crippen molar-refractivity contribution < 1.29 is 4.74 Å². The van der Waals surface area contributed by atoms with Crippen LogP contribution in [0.25, 0.3) is 0 Å². The van der Waals surface area contributed by atoms with Crippen LogP contribution in [-0.4, -0.2) is 19.3 Å². The van der Waals surface area contributed by atoms with E-state index < -0.39 is 0 Å². The van der Waals surface area contributed by atoms with E-state index in [1.54, 1.807) is 0 Å². The lowest BCUT2D eigenvalue weighted by Crippen LogP contribution is -2.25. The van der Waals surface area contributed by atoms with Crippen molar-refractivity contribution in [2.24, 2.45) is 11.7 Å². The summed E-state index contributed by atoms with van der Waals surface area (Å²) >= 11 is 0. The third kappa shape index (κ3) is 4.38. The standard InChI is InChI=1S/C9H19NO/c1-2-9(10)7-11-6-5-8-3-4-8/h8-9H,2-7,10H2,1H3. The van der Waals surface area contributed by atoms with Crippen LogP contribution in [0, 0.1) is 5.92 Å². The van der Waals surface area contributed by atoms with Crippen molar-refractivity contribution >= 4 is 0 Å². The predicted octanol–water partition coefficient (Wildman–Crippen LogP) is 1.54. The minimum Gasteiger partial charge on any atom is -0.380 e. The van der Waals surface area contributed by atoms with Crippen LogP contribution >= 0.6 is 0 Å². The Morgan fingerprint density at radius 3 is 2.82 bits per heavy atom. The number of ether oxygens (including phenoxy) is 1. The fraction of sp³-hybridized carbons (Fsp3) is 1.00. The molecule has 1 atom stereocenters. The van der Waals surface area contributed by atoms with Crippen LogP contribution in [0.2, 0.25) is 0 Å². The quantitative estimate of drug-likeness (QED) is 0.594. The molecule has 1 aliphatic carbocycles. The van der Waals surface area contributed by atoms with Crippen LogP contribution in [0.3, 0.4) is 0 Å². The van der Waals surface area contributed by atoms with Gasteiger partial charge in [0.05, 0.1) is 6.61 Å². The van der Waals surface area contributed by atoms with Crippen LogP contribution in [0.15, 0.2) is 0 Å². The lowest BCUT2D eigenvalue weighted by molar-refractivity contribution is 0.114. The highest BCUT2D eigenvalue weighted by Gasteiger charge is 2.20. The van der Waals surface area contributed by atoms with E-state index in [4.69, 9.17) is 10.5 Å². The van der Waals surface area contributed by atoms with Gasteiger partial charge in [0.15, 0.2) is 0 Å². The smallest absolute Gasteiger partial charge is 0.0617 e. The van der Waals surface area contributed by atoms with Crippen LogP contribution in [0.1, 0.15) is 32.6 Å². The molecule has 66 valence electrons. The Morgan fingerprint density at radius 1 is 1.55 bits per heavy atom. The number of hydrogen-bond acceptors (Lipinski definition) is 2. The van der Waals surface area contributed by atoms with Crippen molar-refractivity contribution in [2.75, 3.05) is 13.2 Å². The maximum Gasteiger partial charge on any atom is 0.0617 e. The van der Waals surface area contributed by atoms with Crippen molar-refractivity contribution in [2.45, 2.75) is 38.6 Å². The third-order valence-electron chi connectivity index (χ3n) is 2.22. The molecular formula is C9H19NO. The normalized spacial score (nSPS) is 20.2. The molecule has 0 aromatic rings. The van der Waals surface area contributed by atoms with Gasteiger partial charge in [0.2, 0.25) is 0 Å². The molecule has 0 heterocycles. The van der Waals surface area contributed by atoms with E-state index >= 15 is 0 Å². The van der Waals surface area contributed by atoms with Gasteiger partial charge in [-0.25, -0.2) is 0 Å². The van der Waals surface area contributed by atoms with E-state index in [0.717, 1.165) is 25.6 Å². The van der Waals surface area contributed by atoms with Gasteiger partial charge in [0.1, 0.15) is 0 Å². The zero-order valence-corrected chi connectivity index (χ0v) is 7.38. The SMILES string of the molecule is CCC(N)COCCC1CC1. The largest absolute Gasteiger partial charge is 0.380 e. The van der Waals surface area contributed by atoms with Crippen LogP contribution < -0.4 is 5.73 Å². The topological polar surface area (TPSA) is 35.2 Å². The van der Waals surface area contributed by atoms with Gasteiger partial charge in [-0.1, -0.05) is 19.8 Å². The molecule has 11 heavy (non-hydrogen) atoms. The Kier molecular flexibility index (Phi) is 3.87. The Bertz CT molecular complexity index is 102. The first-order valence-corrected chi connectivity index (χ1v) is 4.66. The van der Waals surface area contributed by atoms with E-state index in [0.29, 0.717) is 0 Å². The monoisotopic (exact) mass is 157 g/mol. The van der Waals surface area contributed by atoms with Gasteiger partial charge in [-0.15, -0.1) is 0 Å². The van der Waals surface area contributed by atoms with Gasteiger partial charge in [0, 0.05) is 12.6 Å². The molecule has 1 rings (SSSR count). The number of nitrogens with two attached hydrogens (primary N) is 1. The van der Waals surface area contributed by atoms with Crippen LogP contribution in [0.5, 0.6) is 0 Å². The fourth-order valence-electron chi connectivity index (χ4n) is 1.01. The summed E-state index contributed by atoms with van der Waals surface area (Å²) in [6.07, 6.45) is 5.10. The zero-order chi connectivity index (χ0) is 8.10. The van der Waals surface area contributed by atoms with Crippen molar-refractivity contribution in [3.05, 3.63) is 0 Å². The first kappa shape index (κ1) is 9.01. The Labute approximate surface area is 69.1 Å². The number of hydrogen-bond donors (Lipinski definition) is 1. The molecule has 0 radical (unpaired) electrons. The Hall–Kier alpha value is -0.0800. The van der Waals surface area contributed by atoms with E-state index in [1.165, 1.54) is 19.3 Å². The molecule has 2 nitrogen and oxygen atoms in total. The maximum atomic E-state index is 5.68. The van der Waals surface area contributed by atoms with E-state index in [2.05, 4.69) is 6.92 Å². The molecule has 2 heteroatoms. The van der Waals surface area contributed by atoms with Gasteiger partial charge in [-0.2, -0.15) is 0 Å². The molecule has 1 aliphatic rings. The molecule has 1 saturated carbocycles. The Balaban J connectivity index is 1.79. The first-order valence-electron chi connectivity index (χ1n) is 4.66. The highest BCUT2D eigenvalue weighted by atomic mass is 16.5. The summed E-state index contributed by atoms with van der Waals surface area (Å²) in [6.45, 7) is 3.75. The highest BCUT2D eigenvalue weighted by Crippen LogP contribution is 2.31. The Morgan fingerprint density at radius 2 is 2.27 bits per heavy atom. The van der Waals surface area contributed by atoms with Crippen LogP contribution in [-0.2, 0) is 4.74 Å². The summed E-state index contributed by atoms with van der Waals surface area (Å²) in [5.74, 6) is 0.979. The average molecular weight is 157 g/mol. The van der Waals surface area contributed by atoms with Crippen LogP contribution in [0.4, 0.5) is 0 Å². The fourth-order valence-corrected chi connectivity index (χ4v) is 1.01. The van der Waals surface area contributed by atoms with E-state index in [9.17, 15) is 0 Å². The molecule has 0 aromatic heterocycles. The van der Waals surface area contributed by atoms with E-state index in [-0.39, 0.29) is 6.04 Å². The summed E-state index contributed by atoms with van der Waals surface area (Å²) in [7, 11) is 0. The molecule has 0 bridgehead atoms. The lowest BCUT2D eigenvalue weighted by atomic mass is 10.2. The van der Waals surface area contributed by atoms with E-state index in [1.807, 2.05) is 0 Å². The zero-order valence-electron chi connectivity index (χ0n) is 7.38. The molecule has 2 N–H and O–H groups in total. The summed E-state index contributed by atoms with van der Waals surface area (Å²) in [5, 5.41) is 0. The first-order chi connectivity index (χ1) is 5.33. The van der Waals surface area contributed by atoms with Gasteiger partial charge >= 0.3 is 0 Å². The predicted molar refractivity (Wildman–Crippen MR) is 46.4 cm³/mol. The number of rotatable bonds is 6. The summed E-state index contributed by atoms with van der Waals surface area (Å²) < 4.78 is 5.41. The second kappa shape index (κ2) is 4.73. The van der Waals surface area contributed by atoms with Gasteiger partial charge in [-0.05, 0) is 18.8 Å². The van der Waals surface area contributed by atoms with Crippen molar-refractivity contribution in [3.8, 4) is 0 Å². The molecule has 0 amide bonds. The molecular weight excluding hydrogens is 138 g/mol. The highest BCUT2D eigenvalue weighted by molar-refractivity contribution is 4.72. The summed E-state index contributed by atoms with van der Waals surface area (Å²) in [6, 6.07) is 0.245. The molecule has 0 saturated heterocycles. The van der Waals surface area contributed by atoms with Gasteiger partial charge in [-0.3, -0.25) is 0 Å². The average Bonchev–Trinajstić information content (AvgIpc) is 2.81. The molecule has 0 aliphatic heterocycles.